The number of para-hydroxylation sites is 1. The summed E-state index contributed by atoms with van der Waals surface area (Å²) in [5.41, 5.74) is 8.09. The molecule has 0 fully saturated rings. The fourth-order valence-corrected chi connectivity index (χ4v) is 5.86. The molecule has 0 saturated carbocycles. The molecular weight excluding hydrogens is 374 g/mol. The minimum atomic E-state index is -1.13. The van der Waals surface area contributed by atoms with Gasteiger partial charge < -0.3 is 4.57 Å². The predicted molar refractivity (Wildman–Crippen MR) is 120 cm³/mol. The van der Waals surface area contributed by atoms with Gasteiger partial charge in [0.05, 0.1) is 31.6 Å². The Kier molecular flexibility index (Phi) is 3.42. The minimum Gasteiger partial charge on any atom is -0.309 e. The molecule has 1 atom stereocenters. The minimum absolute atomic E-state index is 0.921. The third kappa shape index (κ3) is 2.31. The highest BCUT2D eigenvalue weighted by Crippen LogP contribution is 2.45. The lowest BCUT2D eigenvalue weighted by atomic mass is 10.0. The molecular formula is C26H19NOS. The lowest BCUT2D eigenvalue weighted by Crippen LogP contribution is -1.94. The number of fused-ring (bicyclic) bond motifs is 6. The van der Waals surface area contributed by atoms with Crippen molar-refractivity contribution in [1.82, 2.24) is 4.57 Å². The number of hydrogen-bond acceptors (Lipinski definition) is 1. The second-order valence-electron chi connectivity index (χ2n) is 7.82. The monoisotopic (exact) mass is 393 g/mol. The average molecular weight is 394 g/mol. The van der Waals surface area contributed by atoms with Gasteiger partial charge in [-0.25, -0.2) is 4.21 Å². The maximum absolute atomic E-state index is 13.2. The quantitative estimate of drug-likeness (QED) is 0.310. The molecule has 3 heteroatoms. The first kappa shape index (κ1) is 16.8. The van der Waals surface area contributed by atoms with E-state index < -0.39 is 10.8 Å². The second kappa shape index (κ2) is 5.91. The van der Waals surface area contributed by atoms with E-state index in [2.05, 4.69) is 85.1 Å². The van der Waals surface area contributed by atoms with Crippen molar-refractivity contribution in [2.24, 2.45) is 0 Å². The van der Waals surface area contributed by atoms with E-state index in [4.69, 9.17) is 0 Å². The van der Waals surface area contributed by atoms with Crippen LogP contribution in [-0.2, 0) is 10.8 Å². The molecule has 6 rings (SSSR count). The molecule has 1 aliphatic rings. The van der Waals surface area contributed by atoms with Crippen LogP contribution in [0.3, 0.4) is 0 Å². The Morgan fingerprint density at radius 1 is 0.655 bits per heavy atom. The summed E-state index contributed by atoms with van der Waals surface area (Å²) < 4.78 is 15.5. The number of aromatic nitrogens is 1. The summed E-state index contributed by atoms with van der Waals surface area (Å²) in [6.45, 7) is 4.19. The number of nitrogens with zero attached hydrogens (tertiary/aromatic N) is 1. The van der Waals surface area contributed by atoms with E-state index in [1.165, 1.54) is 22.0 Å². The maximum atomic E-state index is 13.2. The van der Waals surface area contributed by atoms with E-state index in [9.17, 15) is 4.21 Å². The van der Waals surface area contributed by atoms with Crippen molar-refractivity contribution in [3.8, 4) is 16.8 Å². The Hall–Kier alpha value is -3.17. The van der Waals surface area contributed by atoms with Crippen molar-refractivity contribution < 1.29 is 4.21 Å². The van der Waals surface area contributed by atoms with Gasteiger partial charge in [-0.05, 0) is 55.8 Å². The van der Waals surface area contributed by atoms with Crippen molar-refractivity contribution in [1.29, 1.82) is 0 Å². The summed E-state index contributed by atoms with van der Waals surface area (Å²) in [4.78, 5) is 1.84. The van der Waals surface area contributed by atoms with Gasteiger partial charge in [-0.3, -0.25) is 0 Å². The summed E-state index contributed by atoms with van der Waals surface area (Å²) in [5.74, 6) is 0. The fraction of sp³-hybridized carbons (Fsp3) is 0.0769. The van der Waals surface area contributed by atoms with Gasteiger partial charge in [-0.15, -0.1) is 0 Å². The first-order valence-electron chi connectivity index (χ1n) is 9.79. The van der Waals surface area contributed by atoms with E-state index in [1.54, 1.807) is 0 Å². The van der Waals surface area contributed by atoms with Crippen LogP contribution in [0.4, 0.5) is 0 Å². The molecule has 0 N–H and O–H groups in total. The molecule has 1 aliphatic heterocycles. The Morgan fingerprint density at radius 2 is 1.38 bits per heavy atom. The Balaban J connectivity index is 1.76. The highest BCUT2D eigenvalue weighted by atomic mass is 32.2. The van der Waals surface area contributed by atoms with Gasteiger partial charge in [0, 0.05) is 22.0 Å². The second-order valence-corrected chi connectivity index (χ2v) is 9.24. The maximum Gasteiger partial charge on any atom is 0.0862 e. The van der Waals surface area contributed by atoms with Crippen LogP contribution >= 0.6 is 0 Å². The van der Waals surface area contributed by atoms with Crippen LogP contribution in [0, 0.1) is 13.8 Å². The Morgan fingerprint density at radius 3 is 2.21 bits per heavy atom. The summed E-state index contributed by atoms with van der Waals surface area (Å²) in [7, 11) is -1.13. The van der Waals surface area contributed by atoms with E-state index in [0.717, 1.165) is 37.5 Å². The predicted octanol–water partition coefficient (Wildman–Crippen LogP) is 6.55. The number of aryl methyl sites for hydroxylation is 2. The van der Waals surface area contributed by atoms with Gasteiger partial charge in [-0.1, -0.05) is 53.6 Å². The van der Waals surface area contributed by atoms with E-state index in [0.29, 0.717) is 0 Å². The number of rotatable bonds is 1. The summed E-state index contributed by atoms with van der Waals surface area (Å²) >= 11 is 0. The van der Waals surface area contributed by atoms with Crippen molar-refractivity contribution in [3.05, 3.63) is 90.0 Å². The first-order valence-corrected chi connectivity index (χ1v) is 10.9. The van der Waals surface area contributed by atoms with Gasteiger partial charge in [0.25, 0.3) is 0 Å². The number of hydrogen-bond donors (Lipinski definition) is 0. The lowest BCUT2D eigenvalue weighted by molar-refractivity contribution is 0.685. The van der Waals surface area contributed by atoms with Crippen molar-refractivity contribution in [3.63, 3.8) is 0 Å². The molecule has 0 bridgehead atoms. The zero-order valence-electron chi connectivity index (χ0n) is 16.3. The van der Waals surface area contributed by atoms with Crippen molar-refractivity contribution in [2.45, 2.75) is 23.6 Å². The largest absolute Gasteiger partial charge is 0.309 e. The molecule has 4 aromatic carbocycles. The van der Waals surface area contributed by atoms with E-state index in [1.807, 2.05) is 12.1 Å². The van der Waals surface area contributed by atoms with Crippen LogP contribution in [0.15, 0.2) is 88.7 Å². The molecule has 2 nitrogen and oxygen atoms in total. The van der Waals surface area contributed by atoms with Crippen LogP contribution in [-0.4, -0.2) is 8.78 Å². The standard InChI is InChI=1S/C26H19NOS/c1-16-7-10-18(11-8-16)27-23-6-4-3-5-19(23)20-15-26-22(14-24(20)27)21-13-17(2)9-12-25(21)29(26)28/h3-15H,1-2H3. The molecule has 0 spiro atoms. The lowest BCUT2D eigenvalue weighted by Gasteiger charge is -2.09. The molecule has 140 valence electrons. The Bertz CT molecular complexity index is 1470. The number of benzene rings is 4. The fourth-order valence-electron chi connectivity index (χ4n) is 4.47. The molecule has 0 amide bonds. The topological polar surface area (TPSA) is 22.0 Å². The third-order valence-electron chi connectivity index (χ3n) is 5.89. The summed E-state index contributed by atoms with van der Waals surface area (Å²) in [6.07, 6.45) is 0. The SMILES string of the molecule is Cc1ccc(-n2c3ccccc3c3cc4c(cc32)-c2cc(C)ccc2S4=O)cc1. The molecule has 0 radical (unpaired) electrons. The molecule has 2 heterocycles. The van der Waals surface area contributed by atoms with Gasteiger partial charge in [0.1, 0.15) is 0 Å². The van der Waals surface area contributed by atoms with Crippen LogP contribution in [0.5, 0.6) is 0 Å². The van der Waals surface area contributed by atoms with Crippen molar-refractivity contribution >= 4 is 32.6 Å². The van der Waals surface area contributed by atoms with Crippen LogP contribution in [0.1, 0.15) is 11.1 Å². The smallest absolute Gasteiger partial charge is 0.0862 e. The van der Waals surface area contributed by atoms with Gasteiger partial charge in [0.2, 0.25) is 0 Å². The summed E-state index contributed by atoms with van der Waals surface area (Å²) in [5, 5.41) is 2.34. The third-order valence-corrected chi connectivity index (χ3v) is 7.38. The molecule has 0 saturated heterocycles. The molecule has 0 aliphatic carbocycles. The van der Waals surface area contributed by atoms with Crippen molar-refractivity contribution in [2.75, 3.05) is 0 Å². The Labute approximate surface area is 171 Å². The molecule has 5 aromatic rings. The zero-order valence-corrected chi connectivity index (χ0v) is 17.1. The molecule has 1 unspecified atom stereocenters. The van der Waals surface area contributed by atoms with Gasteiger partial charge in [-0.2, -0.15) is 0 Å². The van der Waals surface area contributed by atoms with Crippen LogP contribution in [0.25, 0.3) is 38.6 Å². The zero-order chi connectivity index (χ0) is 19.7. The van der Waals surface area contributed by atoms with Crippen LogP contribution in [0.2, 0.25) is 0 Å². The highest BCUT2D eigenvalue weighted by molar-refractivity contribution is 7.85. The van der Waals surface area contributed by atoms with Gasteiger partial charge >= 0.3 is 0 Å². The highest BCUT2D eigenvalue weighted by Gasteiger charge is 2.27. The molecule has 1 aromatic heterocycles. The molecule has 29 heavy (non-hydrogen) atoms. The van der Waals surface area contributed by atoms with E-state index in [-0.39, 0.29) is 0 Å². The van der Waals surface area contributed by atoms with E-state index >= 15 is 0 Å². The average Bonchev–Trinajstić information content (AvgIpc) is 3.20. The first-order chi connectivity index (χ1) is 14.1. The summed E-state index contributed by atoms with van der Waals surface area (Å²) in [6, 6.07) is 27.7. The van der Waals surface area contributed by atoms with Gasteiger partial charge in [0.15, 0.2) is 0 Å². The normalized spacial score (nSPS) is 15.0. The van der Waals surface area contributed by atoms with Crippen LogP contribution < -0.4 is 0 Å².